The highest BCUT2D eigenvalue weighted by atomic mass is 19.2. The van der Waals surface area contributed by atoms with E-state index in [1.807, 2.05) is 0 Å². The molecule has 7 nitrogen and oxygen atoms in total. The lowest BCUT2D eigenvalue weighted by molar-refractivity contribution is -0.137. The number of carbonyl (C=O) groups excluding carboxylic acids is 1. The highest BCUT2D eigenvalue weighted by Crippen LogP contribution is 2.33. The summed E-state index contributed by atoms with van der Waals surface area (Å²) < 4.78 is 65.0. The van der Waals surface area contributed by atoms with Crippen LogP contribution in [0.4, 0.5) is 17.6 Å². The summed E-state index contributed by atoms with van der Waals surface area (Å²) in [4.78, 5) is 34.3. The van der Waals surface area contributed by atoms with E-state index in [-0.39, 0.29) is 45.0 Å². The standard InChI is InChI=1S/C28H23F4N3O4/c29-23-19-4-2-1-3-9-39-28-33-12-18(13-34-28)20(11-21(36)37)16-6-5-15-7-8-35(14-17(15)10-16)27(38)22(25(23)31)26(32)24(19)30/h1,3,5-6,10,12-13,20H,2,4,7-9,11,14H2,(H,36,37)/b3-1+/t20-/m0/s1. The number of nitrogens with zero attached hydrogens (tertiary/aromatic N) is 3. The molecule has 8 rings (SSSR count). The van der Waals surface area contributed by atoms with Crippen molar-refractivity contribution in [3.8, 4) is 6.01 Å². The molecular weight excluding hydrogens is 518 g/mol. The minimum absolute atomic E-state index is 0.0136. The molecule has 0 spiro atoms. The number of carboxylic acid groups (broad SMARTS) is 1. The van der Waals surface area contributed by atoms with E-state index in [4.69, 9.17) is 4.74 Å². The summed E-state index contributed by atoms with van der Waals surface area (Å²) in [5.74, 6) is -9.51. The van der Waals surface area contributed by atoms with Crippen LogP contribution in [0.5, 0.6) is 6.01 Å². The molecule has 3 aromatic rings. The molecule has 1 atom stereocenters. The Hall–Kier alpha value is -4.28. The van der Waals surface area contributed by atoms with Crippen molar-refractivity contribution in [2.45, 2.75) is 38.1 Å². The monoisotopic (exact) mass is 541 g/mol. The average molecular weight is 542 g/mol. The molecule has 0 aliphatic carbocycles. The number of carbonyl (C=O) groups is 2. The van der Waals surface area contributed by atoms with Crippen LogP contribution in [0.3, 0.4) is 0 Å². The van der Waals surface area contributed by atoms with Gasteiger partial charge in [-0.2, -0.15) is 0 Å². The molecule has 0 saturated carbocycles. The Balaban J connectivity index is 1.59. The van der Waals surface area contributed by atoms with Crippen LogP contribution in [0.2, 0.25) is 0 Å². The average Bonchev–Trinajstić information content (AvgIpc) is 2.93. The van der Waals surface area contributed by atoms with Crippen molar-refractivity contribution in [1.82, 2.24) is 14.9 Å². The molecule has 5 aliphatic rings. The van der Waals surface area contributed by atoms with Crippen LogP contribution in [0.25, 0.3) is 0 Å². The molecule has 39 heavy (non-hydrogen) atoms. The summed E-state index contributed by atoms with van der Waals surface area (Å²) in [5, 5.41) is 9.55. The lowest BCUT2D eigenvalue weighted by Crippen LogP contribution is -2.37. The SMILES string of the molecule is O=C(O)C[C@@H]1c2cnc(nc2)OC/C=C/CCc2c(F)c(F)c(c(F)c2F)C(=O)N2CCc3ccc1cc3C2. The molecule has 1 amide bonds. The minimum Gasteiger partial charge on any atom is -0.481 e. The molecule has 7 bridgehead atoms. The summed E-state index contributed by atoms with van der Waals surface area (Å²) >= 11 is 0. The third-order valence-electron chi connectivity index (χ3n) is 6.97. The molecule has 202 valence electrons. The summed E-state index contributed by atoms with van der Waals surface area (Å²) in [6.07, 6.45) is 5.79. The maximum absolute atomic E-state index is 15.0. The molecule has 1 N–H and O–H groups in total. The quantitative estimate of drug-likeness (QED) is 0.287. The summed E-state index contributed by atoms with van der Waals surface area (Å²) in [7, 11) is 0. The Morgan fingerprint density at radius 3 is 2.38 bits per heavy atom. The number of halogens is 4. The highest BCUT2D eigenvalue weighted by Gasteiger charge is 2.33. The van der Waals surface area contributed by atoms with Crippen molar-refractivity contribution in [3.63, 3.8) is 0 Å². The third-order valence-corrected chi connectivity index (χ3v) is 6.97. The van der Waals surface area contributed by atoms with Crippen molar-refractivity contribution >= 4 is 11.9 Å². The Bertz CT molecular complexity index is 1450. The van der Waals surface area contributed by atoms with Crippen molar-refractivity contribution < 1.29 is 37.0 Å². The zero-order chi connectivity index (χ0) is 27.7. The van der Waals surface area contributed by atoms with E-state index < -0.39 is 52.2 Å². The van der Waals surface area contributed by atoms with Crippen LogP contribution in [0.1, 0.15) is 56.9 Å². The highest BCUT2D eigenvalue weighted by molar-refractivity contribution is 5.95. The number of hydrogen-bond donors (Lipinski definition) is 1. The predicted molar refractivity (Wildman–Crippen MR) is 130 cm³/mol. The fourth-order valence-electron chi connectivity index (χ4n) is 4.93. The number of aliphatic carboxylic acids is 1. The second kappa shape index (κ2) is 10.8. The van der Waals surface area contributed by atoms with Crippen molar-refractivity contribution in [2.24, 2.45) is 0 Å². The number of aromatic nitrogens is 2. The molecule has 0 saturated heterocycles. The first kappa shape index (κ1) is 26.3. The summed E-state index contributed by atoms with van der Waals surface area (Å²) in [5.41, 5.74) is 0.564. The Morgan fingerprint density at radius 2 is 1.69 bits per heavy atom. The molecule has 5 aliphatic heterocycles. The van der Waals surface area contributed by atoms with Crippen molar-refractivity contribution in [1.29, 1.82) is 0 Å². The van der Waals surface area contributed by atoms with Gasteiger partial charge in [-0.25, -0.2) is 27.5 Å². The van der Waals surface area contributed by atoms with Crippen LogP contribution in [-0.4, -0.2) is 45.0 Å². The smallest absolute Gasteiger partial charge is 0.316 e. The maximum atomic E-state index is 15.0. The summed E-state index contributed by atoms with van der Waals surface area (Å²) in [6.45, 7) is 0.00707. The Morgan fingerprint density at radius 1 is 0.974 bits per heavy atom. The van der Waals surface area contributed by atoms with Gasteiger partial charge in [-0.05, 0) is 41.5 Å². The van der Waals surface area contributed by atoms with Gasteiger partial charge in [-0.15, -0.1) is 0 Å². The third kappa shape index (κ3) is 5.21. The minimum atomic E-state index is -1.73. The molecule has 6 heterocycles. The summed E-state index contributed by atoms with van der Waals surface area (Å²) in [6, 6.07) is 5.34. The first-order valence-corrected chi connectivity index (χ1v) is 12.3. The van der Waals surface area contributed by atoms with E-state index in [2.05, 4.69) is 9.97 Å². The number of amides is 1. The van der Waals surface area contributed by atoms with Crippen LogP contribution in [-0.2, 0) is 24.2 Å². The normalized spacial score (nSPS) is 18.1. The van der Waals surface area contributed by atoms with Crippen molar-refractivity contribution in [2.75, 3.05) is 13.2 Å². The van der Waals surface area contributed by atoms with Gasteiger partial charge >= 0.3 is 12.0 Å². The van der Waals surface area contributed by atoms with Gasteiger partial charge < -0.3 is 14.7 Å². The van der Waals surface area contributed by atoms with Gasteiger partial charge in [-0.1, -0.05) is 30.4 Å². The lowest BCUT2D eigenvalue weighted by Gasteiger charge is -2.30. The molecule has 0 radical (unpaired) electrons. The lowest BCUT2D eigenvalue weighted by atomic mass is 9.87. The largest absolute Gasteiger partial charge is 0.481 e. The zero-order valence-electron chi connectivity index (χ0n) is 20.6. The van der Waals surface area contributed by atoms with Crippen LogP contribution in [0.15, 0.2) is 42.7 Å². The van der Waals surface area contributed by atoms with Gasteiger partial charge in [0.15, 0.2) is 23.3 Å². The van der Waals surface area contributed by atoms with Crippen LogP contribution in [0, 0.1) is 23.3 Å². The topological polar surface area (TPSA) is 92.6 Å². The maximum Gasteiger partial charge on any atom is 0.316 e. The van der Waals surface area contributed by atoms with E-state index in [1.165, 1.54) is 24.5 Å². The zero-order valence-corrected chi connectivity index (χ0v) is 20.6. The Kier molecular flexibility index (Phi) is 7.32. The van der Waals surface area contributed by atoms with E-state index in [1.54, 1.807) is 18.2 Å². The number of carboxylic acids is 1. The van der Waals surface area contributed by atoms with Crippen LogP contribution < -0.4 is 4.74 Å². The number of rotatable bonds is 2. The van der Waals surface area contributed by atoms with E-state index in [0.29, 0.717) is 23.1 Å². The van der Waals surface area contributed by atoms with Gasteiger partial charge in [0, 0.05) is 37.0 Å². The number of hydrogen-bond acceptors (Lipinski definition) is 5. The molecule has 2 aromatic carbocycles. The molecule has 0 fully saturated rings. The van der Waals surface area contributed by atoms with Gasteiger partial charge in [0.05, 0.1) is 6.42 Å². The molecular formula is C28H23F4N3O4. The van der Waals surface area contributed by atoms with Gasteiger partial charge in [0.1, 0.15) is 12.2 Å². The van der Waals surface area contributed by atoms with Crippen molar-refractivity contribution in [3.05, 3.63) is 99.4 Å². The number of allylic oxidation sites excluding steroid dienone is 1. The van der Waals surface area contributed by atoms with E-state index in [9.17, 15) is 32.3 Å². The first-order chi connectivity index (χ1) is 18.7. The number of benzene rings is 2. The van der Waals surface area contributed by atoms with Gasteiger partial charge in [0.2, 0.25) is 0 Å². The van der Waals surface area contributed by atoms with Gasteiger partial charge in [0.25, 0.3) is 5.91 Å². The first-order valence-electron chi connectivity index (χ1n) is 12.3. The predicted octanol–water partition coefficient (Wildman–Crippen LogP) is 4.72. The van der Waals surface area contributed by atoms with E-state index in [0.717, 1.165) is 10.5 Å². The second-order valence-corrected chi connectivity index (χ2v) is 9.38. The number of ether oxygens (including phenoxy) is 1. The van der Waals surface area contributed by atoms with Gasteiger partial charge in [-0.3, -0.25) is 9.59 Å². The van der Waals surface area contributed by atoms with E-state index >= 15 is 0 Å². The fourth-order valence-corrected chi connectivity index (χ4v) is 4.93. The fraction of sp³-hybridized carbons (Fsp3) is 0.286. The molecule has 1 aromatic heterocycles. The van der Waals surface area contributed by atoms with Crippen LogP contribution >= 0.6 is 0 Å². The molecule has 11 heteroatoms. The molecule has 0 unspecified atom stereocenters. The second-order valence-electron chi connectivity index (χ2n) is 9.38. The Labute approximate surface area is 220 Å².